The zero-order chi connectivity index (χ0) is 15.2. The van der Waals surface area contributed by atoms with Gasteiger partial charge in [0.15, 0.2) is 0 Å². The molecule has 0 saturated carbocycles. The van der Waals surface area contributed by atoms with E-state index in [1.807, 2.05) is 20.8 Å². The van der Waals surface area contributed by atoms with Crippen LogP contribution >= 0.6 is 0 Å². The van der Waals surface area contributed by atoms with Crippen molar-refractivity contribution in [2.45, 2.75) is 39.7 Å². The van der Waals surface area contributed by atoms with Crippen LogP contribution in [0.4, 0.5) is 4.79 Å². The van der Waals surface area contributed by atoms with Gasteiger partial charge >= 0.3 is 12.0 Å². The number of aromatic amines is 1. The second kappa shape index (κ2) is 6.93. The summed E-state index contributed by atoms with van der Waals surface area (Å²) in [6.07, 6.45) is 4.09. The van der Waals surface area contributed by atoms with Crippen LogP contribution in [0.1, 0.15) is 32.9 Å². The van der Waals surface area contributed by atoms with E-state index in [2.05, 4.69) is 20.6 Å². The van der Waals surface area contributed by atoms with Gasteiger partial charge in [0, 0.05) is 24.9 Å². The molecule has 0 radical (unpaired) electrons. The number of nitrogens with zero attached hydrogens (tertiary/aromatic N) is 1. The van der Waals surface area contributed by atoms with E-state index in [0.29, 0.717) is 12.2 Å². The first kappa shape index (κ1) is 16.0. The zero-order valence-corrected chi connectivity index (χ0v) is 12.1. The molecule has 0 bridgehead atoms. The summed E-state index contributed by atoms with van der Waals surface area (Å²) in [5.41, 5.74) is 0.644. The molecule has 0 fully saturated rings. The van der Waals surface area contributed by atoms with Crippen LogP contribution in [-0.4, -0.2) is 39.7 Å². The molecule has 1 atom stereocenters. The molecule has 0 aromatic carbocycles. The minimum absolute atomic E-state index is 0.0144. The molecule has 0 aliphatic heterocycles. The number of carbonyl (C=O) groups is 2. The first-order valence-corrected chi connectivity index (χ1v) is 6.58. The SMILES string of the molecule is CCC(C)(C)CNC(=O)N[C@H](Cc1cnc[nH]1)C(=O)O. The third-order valence-electron chi connectivity index (χ3n) is 3.27. The highest BCUT2D eigenvalue weighted by atomic mass is 16.4. The molecular weight excluding hydrogens is 260 g/mol. The maximum Gasteiger partial charge on any atom is 0.326 e. The first-order valence-electron chi connectivity index (χ1n) is 6.58. The van der Waals surface area contributed by atoms with Crippen molar-refractivity contribution in [2.75, 3.05) is 6.54 Å². The van der Waals surface area contributed by atoms with Crippen molar-refractivity contribution < 1.29 is 14.7 Å². The minimum Gasteiger partial charge on any atom is -0.480 e. The summed E-state index contributed by atoms with van der Waals surface area (Å²) in [5, 5.41) is 14.3. The second-order valence-corrected chi connectivity index (χ2v) is 5.52. The fourth-order valence-electron chi connectivity index (χ4n) is 1.47. The van der Waals surface area contributed by atoms with Crippen LogP contribution in [-0.2, 0) is 11.2 Å². The van der Waals surface area contributed by atoms with Crippen molar-refractivity contribution in [3.63, 3.8) is 0 Å². The number of hydrogen-bond donors (Lipinski definition) is 4. The lowest BCUT2D eigenvalue weighted by atomic mass is 9.90. The predicted octanol–water partition coefficient (Wildman–Crippen LogP) is 1.14. The largest absolute Gasteiger partial charge is 0.480 e. The summed E-state index contributed by atoms with van der Waals surface area (Å²) < 4.78 is 0. The molecule has 20 heavy (non-hydrogen) atoms. The number of amides is 2. The standard InChI is InChI=1S/C13H22N4O3/c1-4-13(2,3)7-15-12(20)17-10(11(18)19)5-9-6-14-8-16-9/h6,8,10H,4-5,7H2,1-3H3,(H,14,16)(H,18,19)(H2,15,17,20)/t10-/m1/s1. The van der Waals surface area contributed by atoms with Crippen molar-refractivity contribution in [2.24, 2.45) is 5.41 Å². The molecule has 112 valence electrons. The molecule has 0 saturated heterocycles. The quantitative estimate of drug-likeness (QED) is 0.601. The maximum absolute atomic E-state index is 11.7. The first-order chi connectivity index (χ1) is 9.34. The van der Waals surface area contributed by atoms with Gasteiger partial charge in [-0.3, -0.25) is 0 Å². The smallest absolute Gasteiger partial charge is 0.326 e. The summed E-state index contributed by atoms with van der Waals surface area (Å²) in [5.74, 6) is -1.08. The van der Waals surface area contributed by atoms with Gasteiger partial charge in [0.25, 0.3) is 0 Å². The van der Waals surface area contributed by atoms with Crippen LogP contribution < -0.4 is 10.6 Å². The molecule has 7 heteroatoms. The number of carbonyl (C=O) groups excluding carboxylic acids is 1. The van der Waals surface area contributed by atoms with E-state index < -0.39 is 18.0 Å². The summed E-state index contributed by atoms with van der Waals surface area (Å²) >= 11 is 0. The van der Waals surface area contributed by atoms with E-state index in [1.54, 1.807) is 0 Å². The van der Waals surface area contributed by atoms with Gasteiger partial charge < -0.3 is 20.7 Å². The third-order valence-corrected chi connectivity index (χ3v) is 3.27. The summed E-state index contributed by atoms with van der Waals surface area (Å²) in [6, 6.07) is -1.46. The van der Waals surface area contributed by atoms with Crippen molar-refractivity contribution >= 4 is 12.0 Å². The Morgan fingerprint density at radius 1 is 1.50 bits per heavy atom. The summed E-state index contributed by atoms with van der Waals surface area (Å²) in [4.78, 5) is 29.5. The molecule has 1 aromatic heterocycles. The average molecular weight is 282 g/mol. The van der Waals surface area contributed by atoms with Gasteiger partial charge in [-0.05, 0) is 11.8 Å². The number of imidazole rings is 1. The molecule has 0 spiro atoms. The van der Waals surface area contributed by atoms with Crippen LogP contribution in [0.25, 0.3) is 0 Å². The monoisotopic (exact) mass is 282 g/mol. The predicted molar refractivity (Wildman–Crippen MR) is 74.3 cm³/mol. The Bertz CT molecular complexity index is 442. The Labute approximate surface area is 118 Å². The van der Waals surface area contributed by atoms with Crippen LogP contribution in [0.5, 0.6) is 0 Å². The highest BCUT2D eigenvalue weighted by molar-refractivity contribution is 5.82. The van der Waals surface area contributed by atoms with Gasteiger partial charge in [-0.2, -0.15) is 0 Å². The highest BCUT2D eigenvalue weighted by Crippen LogP contribution is 2.17. The number of hydrogen-bond acceptors (Lipinski definition) is 3. The highest BCUT2D eigenvalue weighted by Gasteiger charge is 2.22. The van der Waals surface area contributed by atoms with Crippen LogP contribution in [0.2, 0.25) is 0 Å². The minimum atomic E-state index is -1.08. The number of carboxylic acid groups (broad SMARTS) is 1. The van der Waals surface area contributed by atoms with Gasteiger partial charge in [-0.15, -0.1) is 0 Å². The van der Waals surface area contributed by atoms with Crippen molar-refractivity contribution in [3.05, 3.63) is 18.2 Å². The third kappa shape index (κ3) is 5.29. The molecule has 0 aliphatic rings. The number of nitrogens with one attached hydrogen (secondary N) is 3. The van der Waals surface area contributed by atoms with E-state index in [1.165, 1.54) is 12.5 Å². The maximum atomic E-state index is 11.7. The molecule has 4 N–H and O–H groups in total. The molecule has 0 aliphatic carbocycles. The Hall–Kier alpha value is -2.05. The molecule has 0 unspecified atom stereocenters. The normalized spacial score (nSPS) is 12.8. The van der Waals surface area contributed by atoms with Gasteiger partial charge in [-0.1, -0.05) is 20.8 Å². The molecule has 1 heterocycles. The lowest BCUT2D eigenvalue weighted by Crippen LogP contribution is -2.48. The number of carboxylic acids is 1. The fraction of sp³-hybridized carbons (Fsp3) is 0.615. The molecule has 1 aromatic rings. The van der Waals surface area contributed by atoms with Crippen molar-refractivity contribution in [1.82, 2.24) is 20.6 Å². The molecular formula is C13H22N4O3. The molecule has 2 amide bonds. The summed E-state index contributed by atoms with van der Waals surface area (Å²) in [6.45, 7) is 6.60. The van der Waals surface area contributed by atoms with Gasteiger partial charge in [0.05, 0.1) is 6.33 Å². The van der Waals surface area contributed by atoms with E-state index >= 15 is 0 Å². The number of H-pyrrole nitrogens is 1. The van der Waals surface area contributed by atoms with Crippen LogP contribution in [0, 0.1) is 5.41 Å². The Kier molecular flexibility index (Phi) is 5.54. The van der Waals surface area contributed by atoms with E-state index in [0.717, 1.165) is 6.42 Å². The number of urea groups is 1. The van der Waals surface area contributed by atoms with E-state index in [-0.39, 0.29) is 11.8 Å². The Morgan fingerprint density at radius 3 is 2.70 bits per heavy atom. The van der Waals surface area contributed by atoms with Crippen LogP contribution in [0.3, 0.4) is 0 Å². The topological polar surface area (TPSA) is 107 Å². The van der Waals surface area contributed by atoms with Gasteiger partial charge in [0.2, 0.25) is 0 Å². The second-order valence-electron chi connectivity index (χ2n) is 5.52. The Balaban J connectivity index is 2.49. The summed E-state index contributed by atoms with van der Waals surface area (Å²) in [7, 11) is 0. The lowest BCUT2D eigenvalue weighted by Gasteiger charge is -2.23. The fourth-order valence-corrected chi connectivity index (χ4v) is 1.47. The number of aliphatic carboxylic acids is 1. The molecule has 7 nitrogen and oxygen atoms in total. The van der Waals surface area contributed by atoms with E-state index in [9.17, 15) is 9.59 Å². The van der Waals surface area contributed by atoms with Crippen molar-refractivity contribution in [3.8, 4) is 0 Å². The van der Waals surface area contributed by atoms with Gasteiger partial charge in [-0.25, -0.2) is 14.6 Å². The van der Waals surface area contributed by atoms with Crippen LogP contribution in [0.15, 0.2) is 12.5 Å². The zero-order valence-electron chi connectivity index (χ0n) is 12.1. The number of aromatic nitrogens is 2. The van der Waals surface area contributed by atoms with Gasteiger partial charge in [0.1, 0.15) is 6.04 Å². The molecule has 1 rings (SSSR count). The lowest BCUT2D eigenvalue weighted by molar-refractivity contribution is -0.139. The Morgan fingerprint density at radius 2 is 2.20 bits per heavy atom. The number of rotatable bonds is 7. The van der Waals surface area contributed by atoms with E-state index in [4.69, 9.17) is 5.11 Å². The average Bonchev–Trinajstić information content (AvgIpc) is 2.88. The van der Waals surface area contributed by atoms with Crippen molar-refractivity contribution in [1.29, 1.82) is 0 Å².